The van der Waals surface area contributed by atoms with Crippen LogP contribution in [0.3, 0.4) is 0 Å². The van der Waals surface area contributed by atoms with Crippen molar-refractivity contribution in [1.82, 2.24) is 10.2 Å². The van der Waals surface area contributed by atoms with Crippen LogP contribution in [0.25, 0.3) is 0 Å². The minimum absolute atomic E-state index is 0.0732. The van der Waals surface area contributed by atoms with Gasteiger partial charge < -0.3 is 19.5 Å². The van der Waals surface area contributed by atoms with Gasteiger partial charge in [0.2, 0.25) is 12.7 Å². The zero-order valence-electron chi connectivity index (χ0n) is 13.7. The fourth-order valence-corrected chi connectivity index (χ4v) is 2.92. The maximum absolute atomic E-state index is 12.0. The minimum atomic E-state index is -0.576. The van der Waals surface area contributed by atoms with Gasteiger partial charge in [-0.1, -0.05) is 0 Å². The molecular weight excluding hydrogens is 314 g/mol. The van der Waals surface area contributed by atoms with Crippen LogP contribution < -0.4 is 20.1 Å². The molecule has 2 heterocycles. The van der Waals surface area contributed by atoms with E-state index in [9.17, 15) is 9.59 Å². The molecule has 24 heavy (non-hydrogen) atoms. The molecule has 1 aromatic carbocycles. The highest BCUT2D eigenvalue weighted by Crippen LogP contribution is 2.34. The topological polar surface area (TPSA) is 89.1 Å². The molecule has 0 unspecified atom stereocenters. The van der Waals surface area contributed by atoms with Crippen LogP contribution in [0.1, 0.15) is 13.8 Å². The van der Waals surface area contributed by atoms with Crippen molar-refractivity contribution in [3.63, 3.8) is 0 Å². The maximum Gasteiger partial charge on any atom is 0.325 e. The lowest BCUT2D eigenvalue weighted by Crippen LogP contribution is -2.50. The van der Waals surface area contributed by atoms with Gasteiger partial charge in [0.15, 0.2) is 11.5 Å². The summed E-state index contributed by atoms with van der Waals surface area (Å²) < 4.78 is 16.1. The van der Waals surface area contributed by atoms with E-state index in [1.807, 2.05) is 18.7 Å². The molecule has 2 aliphatic heterocycles. The second-order valence-electron chi connectivity index (χ2n) is 6.02. The molecule has 2 atom stereocenters. The van der Waals surface area contributed by atoms with E-state index >= 15 is 0 Å². The fourth-order valence-electron chi connectivity index (χ4n) is 2.92. The smallest absolute Gasteiger partial charge is 0.325 e. The van der Waals surface area contributed by atoms with Crippen molar-refractivity contribution >= 4 is 17.6 Å². The second kappa shape index (κ2) is 7.06. The first-order valence-corrected chi connectivity index (χ1v) is 7.88. The number of imide groups is 1. The standard InChI is InChI=1S/C16H21N3O5/c1-10-6-19(7-11(2)24-10)8-15(20)18-16(21)17-12-3-4-13-14(5-12)23-9-22-13/h3-5,10-11H,6-9H2,1-2H3,(H2,17,18,20,21)/t10-,11+. The number of fused-ring (bicyclic) bond motifs is 1. The Kier molecular flexibility index (Phi) is 4.86. The summed E-state index contributed by atoms with van der Waals surface area (Å²) in [5, 5.41) is 4.94. The molecule has 3 amide bonds. The minimum Gasteiger partial charge on any atom is -0.454 e. The number of rotatable bonds is 3. The van der Waals surface area contributed by atoms with Crippen molar-refractivity contribution in [2.45, 2.75) is 26.1 Å². The summed E-state index contributed by atoms with van der Waals surface area (Å²) in [7, 11) is 0. The van der Waals surface area contributed by atoms with Crippen LogP contribution in [0.4, 0.5) is 10.5 Å². The summed E-state index contributed by atoms with van der Waals surface area (Å²) in [4.78, 5) is 25.9. The third-order valence-electron chi connectivity index (χ3n) is 3.75. The van der Waals surface area contributed by atoms with Gasteiger partial charge in [-0.2, -0.15) is 0 Å². The van der Waals surface area contributed by atoms with Crippen molar-refractivity contribution in [1.29, 1.82) is 0 Å². The summed E-state index contributed by atoms with van der Waals surface area (Å²) in [5.41, 5.74) is 0.526. The van der Waals surface area contributed by atoms with Gasteiger partial charge in [0.25, 0.3) is 0 Å². The van der Waals surface area contributed by atoms with Gasteiger partial charge in [0.05, 0.1) is 18.8 Å². The molecule has 2 aliphatic rings. The number of nitrogens with one attached hydrogen (secondary N) is 2. The SMILES string of the molecule is C[C@@H]1CN(CC(=O)NC(=O)Nc2ccc3c(c2)OCO3)C[C@H](C)O1. The summed E-state index contributed by atoms with van der Waals surface area (Å²) in [6.45, 7) is 5.59. The Morgan fingerprint density at radius 3 is 2.62 bits per heavy atom. The van der Waals surface area contributed by atoms with Gasteiger partial charge in [-0.05, 0) is 26.0 Å². The number of benzene rings is 1. The van der Waals surface area contributed by atoms with Gasteiger partial charge in [-0.25, -0.2) is 4.79 Å². The molecule has 0 aromatic heterocycles. The lowest BCUT2D eigenvalue weighted by atomic mass is 10.2. The third-order valence-corrected chi connectivity index (χ3v) is 3.75. The van der Waals surface area contributed by atoms with Crippen LogP contribution in [0.15, 0.2) is 18.2 Å². The van der Waals surface area contributed by atoms with Crippen molar-refractivity contribution < 1.29 is 23.8 Å². The van der Waals surface area contributed by atoms with E-state index in [0.717, 1.165) is 0 Å². The molecular formula is C16H21N3O5. The molecule has 8 heteroatoms. The summed E-state index contributed by atoms with van der Waals surface area (Å²) >= 11 is 0. The first kappa shape index (κ1) is 16.5. The molecule has 1 aromatic rings. The predicted octanol–water partition coefficient (Wildman–Crippen LogP) is 1.17. The molecule has 3 rings (SSSR count). The Labute approximate surface area is 140 Å². The fraction of sp³-hybridized carbons (Fsp3) is 0.500. The number of amides is 3. The first-order chi connectivity index (χ1) is 11.5. The van der Waals surface area contributed by atoms with Crippen LogP contribution in [-0.2, 0) is 9.53 Å². The molecule has 0 aliphatic carbocycles. The molecule has 1 fully saturated rings. The largest absolute Gasteiger partial charge is 0.454 e. The van der Waals surface area contributed by atoms with E-state index in [1.165, 1.54) is 0 Å². The van der Waals surface area contributed by atoms with Crippen LogP contribution in [0.5, 0.6) is 11.5 Å². The van der Waals surface area contributed by atoms with Crippen LogP contribution in [0.2, 0.25) is 0 Å². The number of urea groups is 1. The lowest BCUT2D eigenvalue weighted by Gasteiger charge is -2.34. The van der Waals surface area contributed by atoms with Crippen molar-refractivity contribution in [3.05, 3.63) is 18.2 Å². The molecule has 0 bridgehead atoms. The number of hydrogen-bond acceptors (Lipinski definition) is 6. The molecule has 1 saturated heterocycles. The highest BCUT2D eigenvalue weighted by atomic mass is 16.7. The Morgan fingerprint density at radius 1 is 1.17 bits per heavy atom. The molecule has 2 N–H and O–H groups in total. The molecule has 8 nitrogen and oxygen atoms in total. The normalized spacial score (nSPS) is 22.9. The molecule has 0 radical (unpaired) electrons. The van der Waals surface area contributed by atoms with E-state index in [1.54, 1.807) is 18.2 Å². The van der Waals surface area contributed by atoms with Crippen molar-refractivity contribution in [3.8, 4) is 11.5 Å². The quantitative estimate of drug-likeness (QED) is 0.862. The van der Waals surface area contributed by atoms with Gasteiger partial charge in [0.1, 0.15) is 0 Å². The first-order valence-electron chi connectivity index (χ1n) is 7.88. The molecule has 130 valence electrons. The second-order valence-corrected chi connectivity index (χ2v) is 6.02. The zero-order chi connectivity index (χ0) is 17.1. The van der Waals surface area contributed by atoms with Gasteiger partial charge in [0, 0.05) is 24.8 Å². The van der Waals surface area contributed by atoms with Crippen LogP contribution >= 0.6 is 0 Å². The van der Waals surface area contributed by atoms with Crippen molar-refractivity contribution in [2.75, 3.05) is 31.7 Å². The lowest BCUT2D eigenvalue weighted by molar-refractivity contribution is -0.124. The number of morpholine rings is 1. The monoisotopic (exact) mass is 335 g/mol. The Balaban J connectivity index is 1.48. The van der Waals surface area contributed by atoms with Crippen LogP contribution in [-0.4, -0.2) is 55.5 Å². The number of carbonyl (C=O) groups excluding carboxylic acids is 2. The van der Waals surface area contributed by atoms with Crippen LogP contribution in [0, 0.1) is 0 Å². The van der Waals surface area contributed by atoms with Crippen molar-refractivity contribution in [2.24, 2.45) is 0 Å². The number of carbonyl (C=O) groups is 2. The summed E-state index contributed by atoms with van der Waals surface area (Å²) in [6, 6.07) is 4.46. The Morgan fingerprint density at radius 2 is 1.88 bits per heavy atom. The zero-order valence-corrected chi connectivity index (χ0v) is 13.7. The summed E-state index contributed by atoms with van der Waals surface area (Å²) in [6.07, 6.45) is 0.146. The van der Waals surface area contributed by atoms with E-state index in [-0.39, 0.29) is 31.5 Å². The number of ether oxygens (including phenoxy) is 3. The Bertz CT molecular complexity index is 626. The summed E-state index contributed by atoms with van der Waals surface area (Å²) in [5.74, 6) is 0.845. The average molecular weight is 335 g/mol. The maximum atomic E-state index is 12.0. The number of nitrogens with zero attached hydrogens (tertiary/aromatic N) is 1. The number of anilines is 1. The third kappa shape index (κ3) is 4.15. The van der Waals surface area contributed by atoms with E-state index < -0.39 is 6.03 Å². The van der Waals surface area contributed by atoms with Gasteiger partial charge in [-0.15, -0.1) is 0 Å². The number of hydrogen-bond donors (Lipinski definition) is 2. The molecule has 0 spiro atoms. The van der Waals surface area contributed by atoms with E-state index in [2.05, 4.69) is 10.6 Å². The highest BCUT2D eigenvalue weighted by Gasteiger charge is 2.24. The van der Waals surface area contributed by atoms with E-state index in [4.69, 9.17) is 14.2 Å². The molecule has 0 saturated carbocycles. The van der Waals surface area contributed by atoms with E-state index in [0.29, 0.717) is 30.3 Å². The average Bonchev–Trinajstić information content (AvgIpc) is 2.93. The van der Waals surface area contributed by atoms with Gasteiger partial charge in [-0.3, -0.25) is 15.0 Å². The highest BCUT2D eigenvalue weighted by molar-refractivity contribution is 6.01. The Hall–Kier alpha value is -2.32. The van der Waals surface area contributed by atoms with Gasteiger partial charge >= 0.3 is 6.03 Å². The predicted molar refractivity (Wildman–Crippen MR) is 86.2 cm³/mol.